The Morgan fingerprint density at radius 3 is 2.73 bits per heavy atom. The number of nitrogens with zero attached hydrogens (tertiary/aromatic N) is 2. The van der Waals surface area contributed by atoms with Crippen LogP contribution in [0.3, 0.4) is 0 Å². The first kappa shape index (κ1) is 16.2. The average Bonchev–Trinajstić information content (AvgIpc) is 2.65. The molecule has 0 aliphatic carbocycles. The Bertz CT molecular complexity index is 681. The number of halogens is 1. The van der Waals surface area contributed by atoms with Crippen molar-refractivity contribution in [1.82, 2.24) is 9.78 Å². The monoisotopic (exact) mass is 305 g/mol. The van der Waals surface area contributed by atoms with Crippen LogP contribution in [-0.4, -0.2) is 29.3 Å². The van der Waals surface area contributed by atoms with Gasteiger partial charge in [-0.1, -0.05) is 12.1 Å². The third kappa shape index (κ3) is 3.92. The number of amides is 1. The number of carbonyl (C=O) groups excluding carboxylic acids is 1. The van der Waals surface area contributed by atoms with E-state index >= 15 is 0 Å². The number of likely N-dealkylation sites (N-methyl/N-ethyl adjacent to an activating group) is 1. The fraction of sp³-hybridized carbons (Fsp3) is 0.375. The van der Waals surface area contributed by atoms with Crippen molar-refractivity contribution in [2.75, 3.05) is 18.9 Å². The second-order valence-electron chi connectivity index (χ2n) is 5.66. The minimum Gasteiger partial charge on any atom is -0.326 e. The quantitative estimate of drug-likeness (QED) is 0.860. The Hall–Kier alpha value is -2.21. The van der Waals surface area contributed by atoms with Gasteiger partial charge in [0.25, 0.3) is 5.91 Å². The van der Waals surface area contributed by atoms with Gasteiger partial charge in [0, 0.05) is 12.6 Å². The largest absolute Gasteiger partial charge is 0.326 e. The fourth-order valence-electron chi connectivity index (χ4n) is 2.47. The minimum atomic E-state index is -0.253. The van der Waals surface area contributed by atoms with Crippen molar-refractivity contribution < 1.29 is 14.1 Å². The Morgan fingerprint density at radius 1 is 1.41 bits per heavy atom. The molecule has 5 nitrogen and oxygen atoms in total. The van der Waals surface area contributed by atoms with Gasteiger partial charge in [-0.25, -0.2) is 4.39 Å². The molecule has 2 aromatic rings. The number of quaternary nitrogens is 1. The lowest BCUT2D eigenvalue weighted by Gasteiger charge is -2.14. The third-order valence-corrected chi connectivity index (χ3v) is 3.63. The number of rotatable bonds is 5. The maximum atomic E-state index is 13.2. The van der Waals surface area contributed by atoms with Crippen LogP contribution in [-0.2, 0) is 18.4 Å². The first-order valence-corrected chi connectivity index (χ1v) is 7.22. The fourth-order valence-corrected chi connectivity index (χ4v) is 2.47. The van der Waals surface area contributed by atoms with E-state index in [9.17, 15) is 9.18 Å². The molecule has 0 radical (unpaired) electrons. The molecule has 0 bridgehead atoms. The summed E-state index contributed by atoms with van der Waals surface area (Å²) in [5.41, 5.74) is 3.37. The van der Waals surface area contributed by atoms with Crippen molar-refractivity contribution in [2.24, 2.45) is 7.05 Å². The Kier molecular flexibility index (Phi) is 4.92. The SMILES string of the molecule is Cc1nn(C)c(C)c1NC(=O)C[NH+](C)Cc1cccc(F)c1. The van der Waals surface area contributed by atoms with Gasteiger partial charge in [-0.05, 0) is 26.0 Å². The van der Waals surface area contributed by atoms with E-state index in [1.54, 1.807) is 10.7 Å². The van der Waals surface area contributed by atoms with E-state index in [0.29, 0.717) is 13.1 Å². The van der Waals surface area contributed by atoms with Crippen LogP contribution in [0.5, 0.6) is 0 Å². The van der Waals surface area contributed by atoms with E-state index < -0.39 is 0 Å². The number of benzene rings is 1. The number of hydrogen-bond acceptors (Lipinski definition) is 2. The maximum absolute atomic E-state index is 13.2. The summed E-state index contributed by atoms with van der Waals surface area (Å²) >= 11 is 0. The van der Waals surface area contributed by atoms with Crippen molar-refractivity contribution in [3.8, 4) is 0 Å². The molecule has 118 valence electrons. The standard InChI is InChI=1S/C16H21FN4O/c1-11-16(12(2)21(4)19-11)18-15(22)10-20(3)9-13-6-5-7-14(17)8-13/h5-8H,9-10H2,1-4H3,(H,18,22)/p+1. The molecule has 6 heteroatoms. The van der Waals surface area contributed by atoms with Gasteiger partial charge in [-0.3, -0.25) is 9.48 Å². The maximum Gasteiger partial charge on any atom is 0.279 e. The molecule has 2 N–H and O–H groups in total. The van der Waals surface area contributed by atoms with Crippen LogP contribution in [0.1, 0.15) is 17.0 Å². The highest BCUT2D eigenvalue weighted by Crippen LogP contribution is 2.17. The lowest BCUT2D eigenvalue weighted by atomic mass is 10.2. The number of aryl methyl sites for hydroxylation is 2. The molecule has 0 spiro atoms. The molecule has 0 saturated carbocycles. The van der Waals surface area contributed by atoms with Crippen LogP contribution < -0.4 is 10.2 Å². The highest BCUT2D eigenvalue weighted by Gasteiger charge is 2.15. The van der Waals surface area contributed by atoms with Crippen LogP contribution in [0.25, 0.3) is 0 Å². The van der Waals surface area contributed by atoms with E-state index in [2.05, 4.69) is 10.4 Å². The van der Waals surface area contributed by atoms with Gasteiger partial charge >= 0.3 is 0 Å². The van der Waals surface area contributed by atoms with Gasteiger partial charge in [0.05, 0.1) is 24.1 Å². The second kappa shape index (κ2) is 6.70. The number of hydrogen-bond donors (Lipinski definition) is 2. The van der Waals surface area contributed by atoms with Gasteiger partial charge in [0.15, 0.2) is 6.54 Å². The molecule has 1 aromatic heterocycles. The molecule has 1 aromatic carbocycles. The molecule has 1 atom stereocenters. The Balaban J connectivity index is 1.94. The van der Waals surface area contributed by atoms with E-state index in [0.717, 1.165) is 27.5 Å². The van der Waals surface area contributed by atoms with Crippen LogP contribution >= 0.6 is 0 Å². The van der Waals surface area contributed by atoms with E-state index in [4.69, 9.17) is 0 Å². The van der Waals surface area contributed by atoms with Crippen LogP contribution in [0.4, 0.5) is 10.1 Å². The summed E-state index contributed by atoms with van der Waals surface area (Å²) in [4.78, 5) is 13.1. The third-order valence-electron chi connectivity index (χ3n) is 3.63. The van der Waals surface area contributed by atoms with Gasteiger partial charge in [-0.15, -0.1) is 0 Å². The lowest BCUT2D eigenvalue weighted by Crippen LogP contribution is -3.08. The predicted molar refractivity (Wildman–Crippen MR) is 83.2 cm³/mol. The first-order valence-electron chi connectivity index (χ1n) is 7.22. The summed E-state index contributed by atoms with van der Waals surface area (Å²) in [6.07, 6.45) is 0. The summed E-state index contributed by atoms with van der Waals surface area (Å²) in [5.74, 6) is -0.329. The van der Waals surface area contributed by atoms with Crippen molar-refractivity contribution >= 4 is 11.6 Å². The molecule has 1 heterocycles. The molecule has 0 fully saturated rings. The number of anilines is 1. The Morgan fingerprint density at radius 2 is 2.14 bits per heavy atom. The van der Waals surface area contributed by atoms with Crippen molar-refractivity contribution in [1.29, 1.82) is 0 Å². The van der Waals surface area contributed by atoms with Crippen molar-refractivity contribution in [2.45, 2.75) is 20.4 Å². The van der Waals surface area contributed by atoms with Gasteiger partial charge in [0.2, 0.25) is 0 Å². The smallest absolute Gasteiger partial charge is 0.279 e. The number of carbonyl (C=O) groups is 1. The second-order valence-corrected chi connectivity index (χ2v) is 5.66. The first-order chi connectivity index (χ1) is 10.4. The van der Waals surface area contributed by atoms with Gasteiger partial charge in [-0.2, -0.15) is 5.10 Å². The zero-order chi connectivity index (χ0) is 16.3. The highest BCUT2D eigenvalue weighted by molar-refractivity contribution is 5.92. The average molecular weight is 305 g/mol. The normalized spacial score (nSPS) is 12.2. The minimum absolute atomic E-state index is 0.0758. The summed E-state index contributed by atoms with van der Waals surface area (Å²) in [6.45, 7) is 4.69. The molecular formula is C16H22FN4O+. The van der Waals surface area contributed by atoms with E-state index in [-0.39, 0.29) is 11.7 Å². The zero-order valence-corrected chi connectivity index (χ0v) is 13.4. The van der Waals surface area contributed by atoms with E-state index in [1.807, 2.05) is 34.0 Å². The molecule has 1 amide bonds. The Labute approximate surface area is 129 Å². The summed E-state index contributed by atoms with van der Waals surface area (Å²) < 4.78 is 14.9. The zero-order valence-electron chi connectivity index (χ0n) is 13.4. The molecule has 1 unspecified atom stereocenters. The molecule has 2 rings (SSSR count). The van der Waals surface area contributed by atoms with Crippen LogP contribution in [0.2, 0.25) is 0 Å². The van der Waals surface area contributed by atoms with Crippen LogP contribution in [0, 0.1) is 19.7 Å². The molecule has 22 heavy (non-hydrogen) atoms. The highest BCUT2D eigenvalue weighted by atomic mass is 19.1. The molecular weight excluding hydrogens is 283 g/mol. The number of nitrogens with one attached hydrogen (secondary N) is 2. The van der Waals surface area contributed by atoms with Crippen molar-refractivity contribution in [3.63, 3.8) is 0 Å². The number of aromatic nitrogens is 2. The van der Waals surface area contributed by atoms with Gasteiger partial charge < -0.3 is 10.2 Å². The lowest BCUT2D eigenvalue weighted by molar-refractivity contribution is -0.885. The van der Waals surface area contributed by atoms with Crippen LogP contribution in [0.15, 0.2) is 24.3 Å². The topological polar surface area (TPSA) is 51.4 Å². The molecule has 0 saturated heterocycles. The van der Waals surface area contributed by atoms with E-state index in [1.165, 1.54) is 12.1 Å². The predicted octanol–water partition coefficient (Wildman–Crippen LogP) is 0.829. The summed E-state index contributed by atoms with van der Waals surface area (Å²) in [7, 11) is 3.76. The molecule has 0 aliphatic rings. The van der Waals surface area contributed by atoms with Gasteiger partial charge in [0.1, 0.15) is 12.4 Å². The molecule has 0 aliphatic heterocycles. The summed E-state index contributed by atoms with van der Waals surface area (Å²) in [5, 5.41) is 7.18. The summed E-state index contributed by atoms with van der Waals surface area (Å²) in [6, 6.07) is 6.45. The van der Waals surface area contributed by atoms with Crippen molar-refractivity contribution in [3.05, 3.63) is 47.0 Å².